The quantitative estimate of drug-likeness (QED) is 0.798. The van der Waals surface area contributed by atoms with Crippen LogP contribution in [0.15, 0.2) is 34.9 Å². The molecule has 5 nitrogen and oxygen atoms in total. The normalized spacial score (nSPS) is 10.5. The van der Waals surface area contributed by atoms with Gasteiger partial charge in [0.15, 0.2) is 12.6 Å². The van der Waals surface area contributed by atoms with Gasteiger partial charge >= 0.3 is 0 Å². The van der Waals surface area contributed by atoms with Crippen LogP contribution in [0.2, 0.25) is 0 Å². The van der Waals surface area contributed by atoms with Gasteiger partial charge in [0.25, 0.3) is 5.88 Å². The fourth-order valence-corrected chi connectivity index (χ4v) is 1.39. The molecule has 0 fully saturated rings. The SMILES string of the molecule is COCOc1cc(-c2ccc(CN)cc2)on1. The van der Waals surface area contributed by atoms with Crippen LogP contribution in [0.5, 0.6) is 5.88 Å². The molecule has 90 valence electrons. The number of hydrogen-bond acceptors (Lipinski definition) is 5. The average molecular weight is 234 g/mol. The first-order chi connectivity index (χ1) is 8.33. The van der Waals surface area contributed by atoms with Gasteiger partial charge in [0, 0.05) is 25.3 Å². The Hall–Kier alpha value is -1.85. The number of nitrogens with zero attached hydrogens (tertiary/aromatic N) is 1. The van der Waals surface area contributed by atoms with Gasteiger partial charge in [-0.2, -0.15) is 0 Å². The van der Waals surface area contributed by atoms with E-state index in [0.29, 0.717) is 18.2 Å². The Bertz CT molecular complexity index is 465. The zero-order chi connectivity index (χ0) is 12.1. The van der Waals surface area contributed by atoms with Crippen LogP contribution in [0.1, 0.15) is 5.56 Å². The third-order valence-corrected chi connectivity index (χ3v) is 2.29. The fourth-order valence-electron chi connectivity index (χ4n) is 1.39. The van der Waals surface area contributed by atoms with Crippen LogP contribution in [0.4, 0.5) is 0 Å². The third-order valence-electron chi connectivity index (χ3n) is 2.29. The van der Waals surface area contributed by atoms with E-state index in [1.54, 1.807) is 13.2 Å². The fraction of sp³-hybridized carbons (Fsp3) is 0.250. The molecule has 1 aromatic carbocycles. The van der Waals surface area contributed by atoms with Crippen molar-refractivity contribution in [3.63, 3.8) is 0 Å². The van der Waals surface area contributed by atoms with E-state index in [4.69, 9.17) is 19.7 Å². The van der Waals surface area contributed by atoms with E-state index in [-0.39, 0.29) is 6.79 Å². The first-order valence-corrected chi connectivity index (χ1v) is 5.21. The standard InChI is InChI=1S/C12H14N2O3/c1-15-8-16-12-6-11(17-14-12)10-4-2-9(7-13)3-5-10/h2-6H,7-8,13H2,1H3. The summed E-state index contributed by atoms with van der Waals surface area (Å²) in [5, 5.41) is 3.77. The van der Waals surface area contributed by atoms with Crippen LogP contribution >= 0.6 is 0 Å². The van der Waals surface area contributed by atoms with Gasteiger partial charge in [-0.1, -0.05) is 24.3 Å². The van der Waals surface area contributed by atoms with Crippen LogP contribution in [-0.2, 0) is 11.3 Å². The topological polar surface area (TPSA) is 70.5 Å². The molecule has 0 unspecified atom stereocenters. The van der Waals surface area contributed by atoms with Gasteiger partial charge in [-0.25, -0.2) is 0 Å². The molecule has 2 rings (SSSR count). The molecule has 0 saturated heterocycles. The number of rotatable bonds is 5. The maximum Gasteiger partial charge on any atom is 0.256 e. The van der Waals surface area contributed by atoms with Gasteiger partial charge in [-0.05, 0) is 10.7 Å². The summed E-state index contributed by atoms with van der Waals surface area (Å²) in [6.07, 6.45) is 0. The Labute approximate surface area is 99.1 Å². The Morgan fingerprint density at radius 3 is 2.71 bits per heavy atom. The van der Waals surface area contributed by atoms with Crippen molar-refractivity contribution in [1.29, 1.82) is 0 Å². The highest BCUT2D eigenvalue weighted by atomic mass is 16.7. The van der Waals surface area contributed by atoms with Crippen LogP contribution in [-0.4, -0.2) is 19.1 Å². The summed E-state index contributed by atoms with van der Waals surface area (Å²) in [6.45, 7) is 0.678. The smallest absolute Gasteiger partial charge is 0.256 e. The summed E-state index contributed by atoms with van der Waals surface area (Å²) < 4.78 is 15.1. The largest absolute Gasteiger partial charge is 0.448 e. The van der Waals surface area contributed by atoms with Gasteiger partial charge in [-0.15, -0.1) is 0 Å². The molecule has 1 heterocycles. The summed E-state index contributed by atoms with van der Waals surface area (Å²) >= 11 is 0. The molecule has 5 heteroatoms. The second-order valence-electron chi connectivity index (χ2n) is 3.48. The molecule has 0 saturated carbocycles. The van der Waals surface area contributed by atoms with Crippen LogP contribution < -0.4 is 10.5 Å². The predicted octanol–water partition coefficient (Wildman–Crippen LogP) is 1.78. The lowest BCUT2D eigenvalue weighted by atomic mass is 10.1. The summed E-state index contributed by atoms with van der Waals surface area (Å²) in [7, 11) is 1.55. The molecule has 0 aliphatic heterocycles. The van der Waals surface area contributed by atoms with E-state index < -0.39 is 0 Å². The number of ether oxygens (including phenoxy) is 2. The molecular formula is C12H14N2O3. The van der Waals surface area contributed by atoms with E-state index in [1.165, 1.54) is 0 Å². The number of benzene rings is 1. The van der Waals surface area contributed by atoms with E-state index >= 15 is 0 Å². The predicted molar refractivity (Wildman–Crippen MR) is 62.3 cm³/mol. The van der Waals surface area contributed by atoms with Gasteiger partial charge in [0.05, 0.1) is 0 Å². The van der Waals surface area contributed by atoms with Crippen LogP contribution in [0, 0.1) is 0 Å². The monoisotopic (exact) mass is 234 g/mol. The average Bonchev–Trinajstić information content (AvgIpc) is 2.85. The highest BCUT2D eigenvalue weighted by Crippen LogP contribution is 2.23. The first-order valence-electron chi connectivity index (χ1n) is 5.21. The number of hydrogen-bond donors (Lipinski definition) is 1. The van der Waals surface area contributed by atoms with E-state index in [1.807, 2.05) is 24.3 Å². The molecule has 2 N–H and O–H groups in total. The zero-order valence-corrected chi connectivity index (χ0v) is 9.55. The van der Waals surface area contributed by atoms with Gasteiger partial charge in [0.2, 0.25) is 0 Å². The molecule has 0 spiro atoms. The molecule has 0 atom stereocenters. The van der Waals surface area contributed by atoms with Crippen LogP contribution in [0.25, 0.3) is 11.3 Å². The van der Waals surface area contributed by atoms with E-state index in [0.717, 1.165) is 11.1 Å². The first kappa shape index (κ1) is 11.6. The molecule has 0 amide bonds. The molecule has 0 bridgehead atoms. The maximum atomic E-state index is 5.53. The van der Waals surface area contributed by atoms with Crippen molar-refractivity contribution in [2.75, 3.05) is 13.9 Å². The Balaban J connectivity index is 2.12. The maximum absolute atomic E-state index is 5.53. The summed E-state index contributed by atoms with van der Waals surface area (Å²) in [5.41, 5.74) is 7.53. The molecule has 0 aliphatic rings. The van der Waals surface area contributed by atoms with Crippen molar-refractivity contribution in [2.24, 2.45) is 5.73 Å². The lowest BCUT2D eigenvalue weighted by Gasteiger charge is -1.98. The molecule has 17 heavy (non-hydrogen) atoms. The second-order valence-corrected chi connectivity index (χ2v) is 3.48. The highest BCUT2D eigenvalue weighted by molar-refractivity contribution is 5.58. The Morgan fingerprint density at radius 1 is 1.29 bits per heavy atom. The second kappa shape index (κ2) is 5.47. The van der Waals surface area contributed by atoms with Gasteiger partial charge in [0.1, 0.15) is 0 Å². The number of nitrogens with two attached hydrogens (primary N) is 1. The lowest BCUT2D eigenvalue weighted by Crippen LogP contribution is -1.98. The minimum atomic E-state index is 0.151. The van der Waals surface area contributed by atoms with Gasteiger partial charge < -0.3 is 19.7 Å². The Morgan fingerprint density at radius 2 is 2.06 bits per heavy atom. The number of aromatic nitrogens is 1. The van der Waals surface area contributed by atoms with Crippen molar-refractivity contribution < 1.29 is 14.0 Å². The molecule has 1 aromatic heterocycles. The van der Waals surface area contributed by atoms with Crippen molar-refractivity contribution in [1.82, 2.24) is 5.16 Å². The molecule has 0 radical (unpaired) electrons. The minimum Gasteiger partial charge on any atom is -0.448 e. The molecule has 0 aliphatic carbocycles. The Kier molecular flexibility index (Phi) is 3.74. The van der Waals surface area contributed by atoms with E-state index in [2.05, 4.69) is 5.16 Å². The lowest BCUT2D eigenvalue weighted by molar-refractivity contribution is 0.0453. The number of methoxy groups -OCH3 is 1. The molecular weight excluding hydrogens is 220 g/mol. The summed E-state index contributed by atoms with van der Waals surface area (Å²) in [6, 6.07) is 9.49. The van der Waals surface area contributed by atoms with Crippen molar-refractivity contribution in [3.05, 3.63) is 35.9 Å². The van der Waals surface area contributed by atoms with Gasteiger partial charge in [-0.3, -0.25) is 0 Å². The molecule has 2 aromatic rings. The summed E-state index contributed by atoms with van der Waals surface area (Å²) in [5.74, 6) is 1.06. The van der Waals surface area contributed by atoms with Crippen LogP contribution in [0.3, 0.4) is 0 Å². The van der Waals surface area contributed by atoms with Crippen molar-refractivity contribution in [3.8, 4) is 17.2 Å². The third kappa shape index (κ3) is 2.83. The van der Waals surface area contributed by atoms with E-state index in [9.17, 15) is 0 Å². The van der Waals surface area contributed by atoms with Crippen molar-refractivity contribution >= 4 is 0 Å². The zero-order valence-electron chi connectivity index (χ0n) is 9.55. The highest BCUT2D eigenvalue weighted by Gasteiger charge is 2.07. The summed E-state index contributed by atoms with van der Waals surface area (Å²) in [4.78, 5) is 0. The minimum absolute atomic E-state index is 0.151. The van der Waals surface area contributed by atoms with Crippen molar-refractivity contribution in [2.45, 2.75) is 6.54 Å².